The normalized spacial score (nSPS) is 20.8. The van der Waals surface area contributed by atoms with Gasteiger partial charge < -0.3 is 4.74 Å². The molecule has 0 aromatic heterocycles. The lowest BCUT2D eigenvalue weighted by Crippen LogP contribution is -2.43. The Labute approximate surface area is 127 Å². The summed E-state index contributed by atoms with van der Waals surface area (Å²) < 4.78 is 30.2. The van der Waals surface area contributed by atoms with Crippen LogP contribution >= 0.6 is 0 Å². The highest BCUT2D eigenvalue weighted by atomic mass is 32.2. The average molecular weight is 309 g/mol. The smallest absolute Gasteiger partial charge is 0.216 e. The zero-order valence-electron chi connectivity index (χ0n) is 13.0. The molecule has 2 rings (SSSR count). The fraction of sp³-hybridized carbons (Fsp3) is 0.562. The van der Waals surface area contributed by atoms with Gasteiger partial charge in [-0.3, -0.25) is 0 Å². The van der Waals surface area contributed by atoms with E-state index in [4.69, 9.17) is 4.74 Å². The Morgan fingerprint density at radius 2 is 1.90 bits per heavy atom. The number of rotatable bonds is 4. The van der Waals surface area contributed by atoms with Crippen LogP contribution in [0.4, 0.5) is 0 Å². The van der Waals surface area contributed by atoms with Crippen LogP contribution in [0.2, 0.25) is 0 Å². The van der Waals surface area contributed by atoms with Crippen LogP contribution in [0, 0.1) is 0 Å². The second kappa shape index (κ2) is 5.79. The summed E-state index contributed by atoms with van der Waals surface area (Å²) >= 11 is 0. The predicted molar refractivity (Wildman–Crippen MR) is 85.5 cm³/mol. The summed E-state index contributed by atoms with van der Waals surface area (Å²) in [5.74, 6) is 0.545. The summed E-state index contributed by atoms with van der Waals surface area (Å²) in [5, 5.41) is -0.501. The van der Waals surface area contributed by atoms with Crippen molar-refractivity contribution in [2.75, 3.05) is 6.61 Å². The number of ether oxygens (including phenoxy) is 1. The molecule has 0 aliphatic carbocycles. The van der Waals surface area contributed by atoms with Gasteiger partial charge >= 0.3 is 0 Å². The summed E-state index contributed by atoms with van der Waals surface area (Å²) in [7, 11) is -3.26. The van der Waals surface area contributed by atoms with Gasteiger partial charge in [0.25, 0.3) is 0 Å². The van der Waals surface area contributed by atoms with Gasteiger partial charge in [0, 0.05) is 5.56 Å². The van der Waals surface area contributed by atoms with Gasteiger partial charge in [0.05, 0.1) is 10.00 Å². The lowest BCUT2D eigenvalue weighted by molar-refractivity contribution is 0.310. The van der Waals surface area contributed by atoms with Crippen molar-refractivity contribution in [3.63, 3.8) is 0 Å². The second-order valence-corrected chi connectivity index (χ2v) is 9.20. The maximum Gasteiger partial charge on any atom is 0.216 e. The summed E-state index contributed by atoms with van der Waals surface area (Å²) in [6, 6.07) is 9.26. The number of aliphatic imine (C=N–C) groups is 1. The van der Waals surface area contributed by atoms with Crippen molar-refractivity contribution in [1.29, 1.82) is 0 Å². The van der Waals surface area contributed by atoms with E-state index in [-0.39, 0.29) is 6.04 Å². The topological polar surface area (TPSA) is 55.7 Å². The zero-order valence-corrected chi connectivity index (χ0v) is 13.9. The molecule has 0 amide bonds. The molecule has 1 aromatic rings. The lowest BCUT2D eigenvalue weighted by atomic mass is 10.2. The number of hydrogen-bond acceptors (Lipinski definition) is 4. The van der Waals surface area contributed by atoms with Gasteiger partial charge in [-0.05, 0) is 39.3 Å². The Hall–Kier alpha value is -1.36. The minimum absolute atomic E-state index is 0.325. The highest BCUT2D eigenvalue weighted by Crippen LogP contribution is 2.28. The Bertz CT molecular complexity index is 615. The van der Waals surface area contributed by atoms with Crippen molar-refractivity contribution in [1.82, 2.24) is 0 Å². The third-order valence-corrected chi connectivity index (χ3v) is 6.93. The summed E-state index contributed by atoms with van der Waals surface area (Å²) in [5.41, 5.74) is 0.892. The van der Waals surface area contributed by atoms with E-state index in [9.17, 15) is 8.42 Å². The van der Waals surface area contributed by atoms with E-state index in [1.54, 1.807) is 20.8 Å². The van der Waals surface area contributed by atoms with Crippen molar-refractivity contribution in [3.8, 4) is 0 Å². The van der Waals surface area contributed by atoms with Crippen LogP contribution in [0.1, 0.15) is 39.7 Å². The van der Waals surface area contributed by atoms with Crippen molar-refractivity contribution in [2.45, 2.75) is 50.2 Å². The Balaban J connectivity index is 2.29. The first-order valence-corrected chi connectivity index (χ1v) is 8.81. The van der Waals surface area contributed by atoms with E-state index in [0.29, 0.717) is 18.9 Å². The summed E-state index contributed by atoms with van der Waals surface area (Å²) in [6.07, 6.45) is 0.541. The van der Waals surface area contributed by atoms with Gasteiger partial charge in [0.1, 0.15) is 12.6 Å². The number of hydrogen-bond donors (Lipinski definition) is 0. The average Bonchev–Trinajstić information content (AvgIpc) is 2.88. The van der Waals surface area contributed by atoms with Crippen LogP contribution in [-0.4, -0.2) is 37.0 Å². The highest BCUT2D eigenvalue weighted by Gasteiger charge is 2.42. The molecule has 0 bridgehead atoms. The quantitative estimate of drug-likeness (QED) is 0.859. The SMILES string of the molecule is CC[C@H]([C@H]1COC(c2ccccc2)=N1)S(=O)(=O)C(C)(C)C. The predicted octanol–water partition coefficient (Wildman–Crippen LogP) is 2.82. The Morgan fingerprint density at radius 1 is 1.29 bits per heavy atom. The number of sulfone groups is 1. The molecule has 0 spiro atoms. The number of nitrogens with zero attached hydrogens (tertiary/aromatic N) is 1. The molecule has 0 fully saturated rings. The summed E-state index contributed by atoms with van der Waals surface area (Å²) in [4.78, 5) is 4.52. The molecule has 116 valence electrons. The van der Waals surface area contributed by atoms with E-state index < -0.39 is 19.8 Å². The van der Waals surface area contributed by atoms with Gasteiger partial charge in [-0.2, -0.15) is 0 Å². The van der Waals surface area contributed by atoms with Crippen LogP contribution in [0.15, 0.2) is 35.3 Å². The third-order valence-electron chi connectivity index (χ3n) is 3.78. The van der Waals surface area contributed by atoms with Gasteiger partial charge in [0.15, 0.2) is 9.84 Å². The van der Waals surface area contributed by atoms with Crippen LogP contribution in [0.3, 0.4) is 0 Å². The van der Waals surface area contributed by atoms with Crippen LogP contribution < -0.4 is 0 Å². The Kier molecular flexibility index (Phi) is 4.42. The van der Waals surface area contributed by atoms with Crippen molar-refractivity contribution >= 4 is 15.7 Å². The van der Waals surface area contributed by atoms with Crippen LogP contribution in [0.25, 0.3) is 0 Å². The standard InChI is InChI=1S/C16H23NO3S/c1-5-14(21(18,19)16(2,3)4)13-11-20-15(17-13)12-9-7-6-8-10-12/h6-10,13-14H,5,11H2,1-4H3/t13-,14-/m1/s1. The maximum atomic E-state index is 12.7. The molecule has 0 saturated heterocycles. The molecule has 1 aromatic carbocycles. The molecule has 21 heavy (non-hydrogen) atoms. The van der Waals surface area contributed by atoms with E-state index in [0.717, 1.165) is 5.56 Å². The van der Waals surface area contributed by atoms with Gasteiger partial charge in [-0.1, -0.05) is 25.1 Å². The van der Waals surface area contributed by atoms with Crippen molar-refractivity contribution in [2.24, 2.45) is 4.99 Å². The zero-order chi connectivity index (χ0) is 15.7. The molecule has 5 heteroatoms. The molecule has 0 unspecified atom stereocenters. The molecular weight excluding hydrogens is 286 g/mol. The molecule has 0 radical (unpaired) electrons. The molecule has 1 aliphatic heterocycles. The fourth-order valence-electron chi connectivity index (χ4n) is 2.47. The fourth-order valence-corrected chi connectivity index (χ4v) is 4.37. The van der Waals surface area contributed by atoms with E-state index in [1.807, 2.05) is 37.3 Å². The summed E-state index contributed by atoms with van der Waals surface area (Å²) in [6.45, 7) is 7.44. The van der Waals surface area contributed by atoms with Gasteiger partial charge in [-0.25, -0.2) is 13.4 Å². The first-order valence-electron chi connectivity index (χ1n) is 7.27. The minimum atomic E-state index is -3.26. The van der Waals surface area contributed by atoms with Gasteiger partial charge in [-0.15, -0.1) is 0 Å². The van der Waals surface area contributed by atoms with Gasteiger partial charge in [0.2, 0.25) is 5.90 Å². The molecule has 1 heterocycles. The lowest BCUT2D eigenvalue weighted by Gasteiger charge is -2.28. The number of benzene rings is 1. The first kappa shape index (κ1) is 16.0. The van der Waals surface area contributed by atoms with E-state index in [2.05, 4.69) is 4.99 Å². The molecule has 1 aliphatic rings. The van der Waals surface area contributed by atoms with Crippen LogP contribution in [0.5, 0.6) is 0 Å². The monoisotopic (exact) mass is 309 g/mol. The largest absolute Gasteiger partial charge is 0.475 e. The molecule has 4 nitrogen and oxygen atoms in total. The highest BCUT2D eigenvalue weighted by molar-refractivity contribution is 7.93. The molecular formula is C16H23NO3S. The van der Waals surface area contributed by atoms with Crippen LogP contribution in [-0.2, 0) is 14.6 Å². The second-order valence-electron chi connectivity index (χ2n) is 6.28. The minimum Gasteiger partial charge on any atom is -0.475 e. The molecule has 0 saturated carbocycles. The van der Waals surface area contributed by atoms with E-state index >= 15 is 0 Å². The van der Waals surface area contributed by atoms with Crippen molar-refractivity contribution in [3.05, 3.63) is 35.9 Å². The third kappa shape index (κ3) is 3.12. The van der Waals surface area contributed by atoms with Crippen molar-refractivity contribution < 1.29 is 13.2 Å². The molecule has 0 N–H and O–H groups in total. The molecule has 2 atom stereocenters. The maximum absolute atomic E-state index is 12.7. The van der Waals surface area contributed by atoms with E-state index in [1.165, 1.54) is 0 Å². The Morgan fingerprint density at radius 3 is 2.43 bits per heavy atom. The first-order chi connectivity index (χ1) is 9.77.